The minimum Gasteiger partial charge on any atom is -0.309 e. The van der Waals surface area contributed by atoms with Gasteiger partial charge in [0.1, 0.15) is 0 Å². The number of hydrogen-bond acceptors (Lipinski definition) is 8. The van der Waals surface area contributed by atoms with Gasteiger partial charge in [-0.25, -0.2) is 29.9 Å². The summed E-state index contributed by atoms with van der Waals surface area (Å²) in [6, 6.07) is 131. The highest BCUT2D eigenvalue weighted by molar-refractivity contribution is 7.26. The summed E-state index contributed by atoms with van der Waals surface area (Å²) in [4.78, 5) is 31.0. The van der Waals surface area contributed by atoms with E-state index < -0.39 is 0 Å². The molecule has 8 heterocycles. The Morgan fingerprint density at radius 3 is 1.07 bits per heavy atom. The standard InChI is InChI=1S/C102H60N10S2/c1-5-25-61(26-6-1)97-103-98(62-27-7-2-8-28-62)106-101(105-97)65-33-21-35-67(53-65)111-89-56-70(50-52-74(89)81-59-93-83(58-90(81)111)75-39-16-20-48-92(75)113-93)110-86-46-19-15-40-79(86)95-76(41-24-47-87(95)110)77-42-23-43-78-82-57-80-73-51-49-69(109-84-44-17-13-37-71(84)72-38-14-18-45-85(72)109)55-88(73)112(91(80)60-94(82)114-96(77)78)68-36-22-34-66(54-68)102-107-99(63-29-9-3-10-30-63)104-100(108-102)64-31-11-4-12-32-64/h1-60H. The normalized spacial score (nSPS) is 12.0. The zero-order valence-electron chi connectivity index (χ0n) is 60.9. The second-order valence-electron chi connectivity index (χ2n) is 29.3. The van der Waals surface area contributed by atoms with Crippen molar-refractivity contribution in [3.05, 3.63) is 364 Å². The van der Waals surface area contributed by atoms with Crippen molar-refractivity contribution in [2.75, 3.05) is 0 Å². The average molecular weight is 1490 g/mol. The molecule has 12 heteroatoms. The average Bonchev–Trinajstić information content (AvgIpc) is 1.56. The summed E-state index contributed by atoms with van der Waals surface area (Å²) in [6.45, 7) is 0. The lowest BCUT2D eigenvalue weighted by molar-refractivity contribution is 1.07. The minimum atomic E-state index is 0.597. The maximum Gasteiger partial charge on any atom is 0.164 e. The van der Waals surface area contributed by atoms with E-state index in [1.807, 2.05) is 95.5 Å². The molecule has 0 N–H and O–H groups in total. The van der Waals surface area contributed by atoms with E-state index in [-0.39, 0.29) is 0 Å². The van der Waals surface area contributed by atoms with Crippen LogP contribution in [0.4, 0.5) is 0 Å². The zero-order chi connectivity index (χ0) is 74.6. The van der Waals surface area contributed by atoms with Crippen molar-refractivity contribution in [3.8, 4) is 102 Å². The van der Waals surface area contributed by atoms with E-state index in [9.17, 15) is 0 Å². The van der Waals surface area contributed by atoms with Gasteiger partial charge in [-0.15, -0.1) is 22.7 Å². The molecule has 16 aromatic carbocycles. The minimum absolute atomic E-state index is 0.597. The first-order valence-corrected chi connectivity index (χ1v) is 39.9. The summed E-state index contributed by atoms with van der Waals surface area (Å²) in [7, 11) is 0. The first kappa shape index (κ1) is 64.0. The molecule has 0 amide bonds. The monoisotopic (exact) mass is 1490 g/mol. The summed E-state index contributed by atoms with van der Waals surface area (Å²) in [5.41, 5.74) is 21.0. The largest absolute Gasteiger partial charge is 0.309 e. The Hall–Kier alpha value is -14.8. The van der Waals surface area contributed by atoms with Gasteiger partial charge in [0.15, 0.2) is 34.9 Å². The highest BCUT2D eigenvalue weighted by atomic mass is 32.1. The molecule has 0 aliphatic carbocycles. The Balaban J connectivity index is 0.683. The van der Waals surface area contributed by atoms with Crippen LogP contribution in [0.5, 0.6) is 0 Å². The molecule has 0 aliphatic rings. The second kappa shape index (κ2) is 25.4. The Bertz CT molecular complexity index is 7940. The molecule has 24 rings (SSSR count). The van der Waals surface area contributed by atoms with Crippen molar-refractivity contribution < 1.29 is 0 Å². The molecule has 8 aromatic heterocycles. The van der Waals surface area contributed by atoms with Crippen LogP contribution >= 0.6 is 22.7 Å². The van der Waals surface area contributed by atoms with Gasteiger partial charge in [0, 0.05) is 145 Å². The van der Waals surface area contributed by atoms with Crippen LogP contribution in [0.3, 0.4) is 0 Å². The van der Waals surface area contributed by atoms with Crippen LogP contribution in [0, 0.1) is 0 Å². The van der Waals surface area contributed by atoms with Crippen LogP contribution in [0.1, 0.15) is 0 Å². The van der Waals surface area contributed by atoms with E-state index in [0.717, 1.165) is 106 Å². The smallest absolute Gasteiger partial charge is 0.164 e. The van der Waals surface area contributed by atoms with Crippen molar-refractivity contribution in [1.29, 1.82) is 0 Å². The summed E-state index contributed by atoms with van der Waals surface area (Å²) in [6.07, 6.45) is 0. The van der Waals surface area contributed by atoms with Crippen molar-refractivity contribution in [2.45, 2.75) is 0 Å². The molecule has 24 aromatic rings. The van der Waals surface area contributed by atoms with E-state index in [0.29, 0.717) is 34.9 Å². The molecule has 0 saturated heterocycles. The number of nitrogens with zero attached hydrogens (tertiary/aromatic N) is 10. The van der Waals surface area contributed by atoms with Crippen molar-refractivity contribution in [2.24, 2.45) is 0 Å². The molecule has 0 bridgehead atoms. The third-order valence-corrected chi connectivity index (χ3v) is 25.2. The predicted molar refractivity (Wildman–Crippen MR) is 474 cm³/mol. The molecular weight excluding hydrogens is 1430 g/mol. The lowest BCUT2D eigenvalue weighted by Crippen LogP contribution is -2.01. The van der Waals surface area contributed by atoms with Gasteiger partial charge in [0.2, 0.25) is 0 Å². The van der Waals surface area contributed by atoms with Crippen LogP contribution in [0.25, 0.3) is 230 Å². The number of aromatic nitrogens is 10. The van der Waals surface area contributed by atoms with E-state index in [1.54, 1.807) is 0 Å². The Labute approximate surface area is 660 Å². The summed E-state index contributed by atoms with van der Waals surface area (Å²) in [5.74, 6) is 3.67. The fraction of sp³-hybridized carbons (Fsp3) is 0. The molecule has 114 heavy (non-hydrogen) atoms. The first-order chi connectivity index (χ1) is 56.5. The number of fused-ring (bicyclic) bond motifs is 18. The Morgan fingerprint density at radius 2 is 0.526 bits per heavy atom. The van der Waals surface area contributed by atoms with E-state index in [4.69, 9.17) is 29.9 Å². The molecule has 0 unspecified atom stereocenters. The van der Waals surface area contributed by atoms with Crippen molar-refractivity contribution >= 4 is 150 Å². The number of hydrogen-bond donors (Lipinski definition) is 0. The van der Waals surface area contributed by atoms with Crippen LogP contribution in [0.2, 0.25) is 0 Å². The first-order valence-electron chi connectivity index (χ1n) is 38.3. The van der Waals surface area contributed by atoms with E-state index in [2.05, 4.69) is 309 Å². The van der Waals surface area contributed by atoms with Crippen LogP contribution in [0.15, 0.2) is 364 Å². The lowest BCUT2D eigenvalue weighted by atomic mass is 9.97. The molecule has 0 spiro atoms. The summed E-state index contributed by atoms with van der Waals surface area (Å²) in [5, 5.41) is 14.4. The van der Waals surface area contributed by atoms with Gasteiger partial charge in [-0.3, -0.25) is 0 Å². The summed E-state index contributed by atoms with van der Waals surface area (Å²) >= 11 is 3.72. The highest BCUT2D eigenvalue weighted by Gasteiger charge is 2.26. The lowest BCUT2D eigenvalue weighted by Gasteiger charge is -2.13. The molecule has 10 nitrogen and oxygen atoms in total. The predicted octanol–water partition coefficient (Wildman–Crippen LogP) is 26.8. The van der Waals surface area contributed by atoms with Gasteiger partial charge >= 0.3 is 0 Å². The molecule has 0 fully saturated rings. The highest BCUT2D eigenvalue weighted by Crippen LogP contribution is 2.49. The number of para-hydroxylation sites is 3. The molecular formula is C102H60N10S2. The molecule has 0 atom stereocenters. The van der Waals surface area contributed by atoms with Crippen LogP contribution in [-0.4, -0.2) is 48.2 Å². The molecule has 530 valence electrons. The van der Waals surface area contributed by atoms with Gasteiger partial charge < -0.3 is 18.3 Å². The van der Waals surface area contributed by atoms with E-state index in [1.165, 1.54) is 89.2 Å². The van der Waals surface area contributed by atoms with Crippen molar-refractivity contribution in [1.82, 2.24) is 48.2 Å². The fourth-order valence-electron chi connectivity index (χ4n) is 17.7. The van der Waals surface area contributed by atoms with Gasteiger partial charge in [0.25, 0.3) is 0 Å². The third kappa shape index (κ3) is 10.0. The Kier molecular flexibility index (Phi) is 14.3. The van der Waals surface area contributed by atoms with Crippen LogP contribution in [-0.2, 0) is 0 Å². The van der Waals surface area contributed by atoms with Gasteiger partial charge in [-0.05, 0) is 109 Å². The molecule has 0 saturated carbocycles. The maximum absolute atomic E-state index is 5.24. The van der Waals surface area contributed by atoms with Gasteiger partial charge in [0.05, 0.1) is 44.1 Å². The molecule has 0 radical (unpaired) electrons. The second-order valence-corrected chi connectivity index (χ2v) is 31.4. The zero-order valence-corrected chi connectivity index (χ0v) is 62.6. The maximum atomic E-state index is 5.24. The summed E-state index contributed by atoms with van der Waals surface area (Å²) < 4.78 is 14.8. The van der Waals surface area contributed by atoms with Gasteiger partial charge in [-0.2, -0.15) is 0 Å². The number of rotatable bonds is 11. The SMILES string of the molecule is c1ccc(-c2nc(-c3ccccc3)nc(-c3cccc(-n4c5cc(-n6c7ccccc7c7ccccc76)ccc5c5cc6c(cc54)sc4c(-c5cccc7c5c5ccccc5n7-c5ccc7c8cc9sc%10ccccc%10c9cc8n(-c8cccc(-c9nc(-c%10ccccc%10)nc(-c%10ccccc%10)n9)c8)c7c5)cccc46)c3)n2)cc1. The van der Waals surface area contributed by atoms with Crippen molar-refractivity contribution in [3.63, 3.8) is 0 Å². The fourth-order valence-corrected chi connectivity index (χ4v) is 20.1. The number of benzene rings is 16. The quantitative estimate of drug-likeness (QED) is 0.128. The third-order valence-electron chi connectivity index (χ3n) is 22.8. The molecule has 0 aliphatic heterocycles. The van der Waals surface area contributed by atoms with Crippen LogP contribution < -0.4 is 0 Å². The Morgan fingerprint density at radius 1 is 0.175 bits per heavy atom. The van der Waals surface area contributed by atoms with Gasteiger partial charge in [-0.1, -0.05) is 261 Å². The number of thiophene rings is 2. The topological polar surface area (TPSA) is 97.1 Å². The van der Waals surface area contributed by atoms with E-state index >= 15 is 0 Å².